The quantitative estimate of drug-likeness (QED) is 0.840. The molecule has 2 N–H and O–H groups in total. The van der Waals surface area contributed by atoms with Crippen molar-refractivity contribution in [2.75, 3.05) is 19.4 Å². The molecule has 0 aliphatic carbocycles. The number of hydrogen-bond donors (Lipinski definition) is 2. The minimum absolute atomic E-state index is 0.139. The highest BCUT2D eigenvalue weighted by atomic mass is 32.2. The molecule has 0 bridgehead atoms. The van der Waals surface area contributed by atoms with Gasteiger partial charge in [0.05, 0.1) is 12.2 Å². The molecule has 0 radical (unpaired) electrons. The van der Waals surface area contributed by atoms with Crippen LogP contribution in [0.3, 0.4) is 0 Å². The van der Waals surface area contributed by atoms with Crippen molar-refractivity contribution in [3.05, 3.63) is 36.4 Å². The van der Waals surface area contributed by atoms with Crippen LogP contribution in [0.1, 0.15) is 5.82 Å². The zero-order valence-electron chi connectivity index (χ0n) is 10.7. The van der Waals surface area contributed by atoms with E-state index in [1.165, 1.54) is 17.7 Å². The SMILES string of the molecule is CNc1ccccc1S(=O)(=O)N(C)Cc1ncn[nH]1. The minimum atomic E-state index is -3.57. The fourth-order valence-corrected chi connectivity index (χ4v) is 3.00. The Morgan fingerprint density at radius 1 is 1.37 bits per heavy atom. The first-order valence-electron chi connectivity index (χ1n) is 5.63. The lowest BCUT2D eigenvalue weighted by atomic mass is 10.3. The summed E-state index contributed by atoms with van der Waals surface area (Å²) in [6, 6.07) is 6.75. The number of nitrogens with one attached hydrogen (secondary N) is 2. The Morgan fingerprint density at radius 3 is 2.74 bits per heavy atom. The summed E-state index contributed by atoms with van der Waals surface area (Å²) in [6.45, 7) is 0.139. The number of hydrogen-bond acceptors (Lipinski definition) is 5. The van der Waals surface area contributed by atoms with E-state index in [0.717, 1.165) is 0 Å². The zero-order valence-corrected chi connectivity index (χ0v) is 11.5. The Morgan fingerprint density at radius 2 is 2.11 bits per heavy atom. The predicted molar refractivity (Wildman–Crippen MR) is 71.0 cm³/mol. The van der Waals surface area contributed by atoms with Crippen molar-refractivity contribution in [3.63, 3.8) is 0 Å². The summed E-state index contributed by atoms with van der Waals surface area (Å²) in [4.78, 5) is 4.15. The van der Waals surface area contributed by atoms with Crippen LogP contribution in [-0.4, -0.2) is 42.0 Å². The van der Waals surface area contributed by atoms with Crippen LogP contribution in [0.2, 0.25) is 0 Å². The number of aromatic amines is 1. The van der Waals surface area contributed by atoms with E-state index in [1.54, 1.807) is 31.3 Å². The molecule has 0 amide bonds. The number of rotatable bonds is 5. The molecular formula is C11H15N5O2S. The Bertz CT molecular complexity index is 639. The van der Waals surface area contributed by atoms with E-state index in [1.807, 2.05) is 0 Å². The molecule has 102 valence electrons. The Balaban J connectivity index is 2.31. The van der Waals surface area contributed by atoms with Crippen LogP contribution in [0.15, 0.2) is 35.5 Å². The van der Waals surface area contributed by atoms with Gasteiger partial charge in [0.15, 0.2) is 0 Å². The number of H-pyrrole nitrogens is 1. The summed E-state index contributed by atoms with van der Waals surface area (Å²) in [6.07, 6.45) is 1.34. The third-order valence-corrected chi connectivity index (χ3v) is 4.54. The first-order chi connectivity index (χ1) is 9.05. The molecule has 1 aromatic carbocycles. The van der Waals surface area contributed by atoms with E-state index in [-0.39, 0.29) is 11.4 Å². The molecule has 19 heavy (non-hydrogen) atoms. The van der Waals surface area contributed by atoms with Crippen molar-refractivity contribution in [1.29, 1.82) is 0 Å². The summed E-state index contributed by atoms with van der Waals surface area (Å²) >= 11 is 0. The van der Waals surface area contributed by atoms with Crippen molar-refractivity contribution in [2.24, 2.45) is 0 Å². The zero-order chi connectivity index (χ0) is 13.9. The summed E-state index contributed by atoms with van der Waals surface area (Å²) in [5.74, 6) is 0.494. The van der Waals surface area contributed by atoms with Gasteiger partial charge in [0.1, 0.15) is 17.0 Å². The van der Waals surface area contributed by atoms with E-state index >= 15 is 0 Å². The average Bonchev–Trinajstić information content (AvgIpc) is 2.91. The van der Waals surface area contributed by atoms with Gasteiger partial charge in [-0.15, -0.1) is 0 Å². The second-order valence-corrected chi connectivity index (χ2v) is 5.95. The monoisotopic (exact) mass is 281 g/mol. The number of nitrogens with zero attached hydrogens (tertiary/aromatic N) is 3. The molecular weight excluding hydrogens is 266 g/mol. The number of anilines is 1. The molecule has 0 aliphatic heterocycles. The predicted octanol–water partition coefficient (Wildman–Crippen LogP) is 0.667. The standard InChI is InChI=1S/C11H15N5O2S/c1-12-9-5-3-4-6-10(9)19(17,18)16(2)7-11-13-8-14-15-11/h3-6,8,12H,7H2,1-2H3,(H,13,14,15). The van der Waals surface area contributed by atoms with Crippen molar-refractivity contribution in [1.82, 2.24) is 19.5 Å². The molecule has 0 atom stereocenters. The van der Waals surface area contributed by atoms with Gasteiger partial charge in [-0.1, -0.05) is 12.1 Å². The van der Waals surface area contributed by atoms with E-state index in [0.29, 0.717) is 11.5 Å². The smallest absolute Gasteiger partial charge is 0.245 e. The first kappa shape index (κ1) is 13.5. The van der Waals surface area contributed by atoms with Gasteiger partial charge in [-0.3, -0.25) is 5.10 Å². The molecule has 1 heterocycles. The number of benzene rings is 1. The van der Waals surface area contributed by atoms with Crippen molar-refractivity contribution in [3.8, 4) is 0 Å². The van der Waals surface area contributed by atoms with Crippen molar-refractivity contribution >= 4 is 15.7 Å². The molecule has 8 heteroatoms. The van der Waals surface area contributed by atoms with Crippen molar-refractivity contribution in [2.45, 2.75) is 11.4 Å². The molecule has 2 aromatic rings. The summed E-state index contributed by atoms with van der Waals surface area (Å²) in [5, 5.41) is 9.20. The van der Waals surface area contributed by atoms with Crippen LogP contribution in [0.5, 0.6) is 0 Å². The minimum Gasteiger partial charge on any atom is -0.387 e. The van der Waals surface area contributed by atoms with Gasteiger partial charge in [0.2, 0.25) is 10.0 Å². The van der Waals surface area contributed by atoms with E-state index in [9.17, 15) is 8.42 Å². The van der Waals surface area contributed by atoms with Gasteiger partial charge in [0.25, 0.3) is 0 Å². The van der Waals surface area contributed by atoms with E-state index < -0.39 is 10.0 Å². The van der Waals surface area contributed by atoms with Gasteiger partial charge in [-0.05, 0) is 12.1 Å². The lowest BCUT2D eigenvalue weighted by Gasteiger charge is -2.18. The summed E-state index contributed by atoms with van der Waals surface area (Å²) in [5.41, 5.74) is 0.562. The van der Waals surface area contributed by atoms with E-state index in [4.69, 9.17) is 0 Å². The van der Waals surface area contributed by atoms with Gasteiger partial charge in [-0.25, -0.2) is 13.4 Å². The van der Waals surface area contributed by atoms with Crippen LogP contribution in [0.4, 0.5) is 5.69 Å². The highest BCUT2D eigenvalue weighted by Gasteiger charge is 2.24. The highest BCUT2D eigenvalue weighted by Crippen LogP contribution is 2.23. The maximum absolute atomic E-state index is 12.5. The van der Waals surface area contributed by atoms with Crippen molar-refractivity contribution < 1.29 is 8.42 Å². The maximum Gasteiger partial charge on any atom is 0.245 e. The Labute approximate surface area is 111 Å². The summed E-state index contributed by atoms with van der Waals surface area (Å²) < 4.78 is 26.1. The fourth-order valence-electron chi connectivity index (χ4n) is 1.67. The number of para-hydroxylation sites is 1. The maximum atomic E-state index is 12.5. The molecule has 0 spiro atoms. The third kappa shape index (κ3) is 2.74. The lowest BCUT2D eigenvalue weighted by Crippen LogP contribution is -2.27. The van der Waals surface area contributed by atoms with Gasteiger partial charge in [-0.2, -0.15) is 9.40 Å². The number of aromatic nitrogens is 3. The third-order valence-electron chi connectivity index (χ3n) is 2.68. The lowest BCUT2D eigenvalue weighted by molar-refractivity contribution is 0.457. The van der Waals surface area contributed by atoms with Gasteiger partial charge in [0, 0.05) is 14.1 Å². The molecule has 0 aliphatic rings. The number of sulfonamides is 1. The van der Waals surface area contributed by atoms with Crippen LogP contribution in [0.25, 0.3) is 0 Å². The second-order valence-electron chi connectivity index (χ2n) is 3.94. The Hall–Kier alpha value is -1.93. The second kappa shape index (κ2) is 5.37. The fraction of sp³-hybridized carbons (Fsp3) is 0.273. The van der Waals surface area contributed by atoms with Gasteiger partial charge < -0.3 is 5.32 Å². The van der Waals surface area contributed by atoms with Crippen LogP contribution in [-0.2, 0) is 16.6 Å². The van der Waals surface area contributed by atoms with Gasteiger partial charge >= 0.3 is 0 Å². The topological polar surface area (TPSA) is 91.0 Å². The Kier molecular flexibility index (Phi) is 3.82. The molecule has 0 saturated carbocycles. The van der Waals surface area contributed by atoms with E-state index in [2.05, 4.69) is 20.5 Å². The normalized spacial score (nSPS) is 11.7. The molecule has 7 nitrogen and oxygen atoms in total. The van der Waals surface area contributed by atoms with Crippen LogP contribution >= 0.6 is 0 Å². The molecule has 2 rings (SSSR count). The molecule has 0 unspecified atom stereocenters. The van der Waals surface area contributed by atoms with Crippen LogP contribution < -0.4 is 5.32 Å². The molecule has 0 saturated heterocycles. The largest absolute Gasteiger partial charge is 0.387 e. The highest BCUT2D eigenvalue weighted by molar-refractivity contribution is 7.89. The first-order valence-corrected chi connectivity index (χ1v) is 7.07. The molecule has 0 fully saturated rings. The average molecular weight is 281 g/mol. The van der Waals surface area contributed by atoms with Crippen LogP contribution in [0, 0.1) is 0 Å². The molecule has 1 aromatic heterocycles. The summed E-state index contributed by atoms with van der Waals surface area (Å²) in [7, 11) is -0.385.